The van der Waals surface area contributed by atoms with Crippen molar-refractivity contribution >= 4 is 27.3 Å². The van der Waals surface area contributed by atoms with Crippen LogP contribution in [0.25, 0.3) is 0 Å². The van der Waals surface area contributed by atoms with E-state index in [9.17, 15) is 0 Å². The fourth-order valence-corrected chi connectivity index (χ4v) is 2.81. The summed E-state index contributed by atoms with van der Waals surface area (Å²) in [6.07, 6.45) is 2.66. The molecule has 0 radical (unpaired) electrons. The van der Waals surface area contributed by atoms with Gasteiger partial charge in [0.15, 0.2) is 0 Å². The highest BCUT2D eigenvalue weighted by atomic mass is 79.9. The maximum absolute atomic E-state index is 3.58. The summed E-state index contributed by atoms with van der Waals surface area (Å²) in [6.45, 7) is 5.47. The number of aryl methyl sites for hydroxylation is 1. The van der Waals surface area contributed by atoms with Crippen LogP contribution in [0.4, 0.5) is 0 Å². The Labute approximate surface area is 91.7 Å². The molecule has 0 amide bonds. The van der Waals surface area contributed by atoms with Gasteiger partial charge in [0.1, 0.15) is 0 Å². The Balaban J connectivity index is 1.94. The predicted molar refractivity (Wildman–Crippen MR) is 61.2 cm³/mol. The third kappa shape index (κ3) is 2.33. The van der Waals surface area contributed by atoms with Gasteiger partial charge in [0.2, 0.25) is 0 Å². The van der Waals surface area contributed by atoms with Crippen LogP contribution in [0.15, 0.2) is 10.5 Å². The standard InChI is InChI=1S/C10H14BrNS/c1-7-9(11)5-8(13-7)6-12-10(2)3-4-10/h5,12H,3-4,6H2,1-2H3. The third-order valence-corrected chi connectivity index (χ3v) is 4.73. The fraction of sp³-hybridized carbons (Fsp3) is 0.600. The zero-order valence-electron chi connectivity index (χ0n) is 7.98. The highest BCUT2D eigenvalue weighted by molar-refractivity contribution is 9.10. The molecule has 1 aliphatic rings. The molecule has 0 spiro atoms. The number of halogens is 1. The number of nitrogens with one attached hydrogen (secondary N) is 1. The van der Waals surface area contributed by atoms with E-state index in [0.717, 1.165) is 6.54 Å². The minimum atomic E-state index is 0.449. The van der Waals surface area contributed by atoms with E-state index in [4.69, 9.17) is 0 Å². The van der Waals surface area contributed by atoms with Crippen LogP contribution in [0.1, 0.15) is 29.5 Å². The molecule has 1 fully saturated rings. The minimum absolute atomic E-state index is 0.449. The van der Waals surface area contributed by atoms with Crippen molar-refractivity contribution in [2.75, 3.05) is 0 Å². The van der Waals surface area contributed by atoms with Crippen molar-refractivity contribution in [2.45, 2.75) is 38.8 Å². The third-order valence-electron chi connectivity index (χ3n) is 2.60. The second kappa shape index (κ2) is 3.37. The van der Waals surface area contributed by atoms with Gasteiger partial charge in [0, 0.05) is 26.3 Å². The Morgan fingerprint density at radius 2 is 2.31 bits per heavy atom. The van der Waals surface area contributed by atoms with Gasteiger partial charge < -0.3 is 5.32 Å². The van der Waals surface area contributed by atoms with Crippen LogP contribution in [0.2, 0.25) is 0 Å². The van der Waals surface area contributed by atoms with Gasteiger partial charge in [0.05, 0.1) is 0 Å². The van der Waals surface area contributed by atoms with E-state index >= 15 is 0 Å². The smallest absolute Gasteiger partial charge is 0.0314 e. The molecule has 1 heterocycles. The lowest BCUT2D eigenvalue weighted by Gasteiger charge is -2.08. The molecular formula is C10H14BrNS. The van der Waals surface area contributed by atoms with Crippen molar-refractivity contribution < 1.29 is 0 Å². The van der Waals surface area contributed by atoms with E-state index in [-0.39, 0.29) is 0 Å². The maximum atomic E-state index is 3.58. The van der Waals surface area contributed by atoms with Crippen molar-refractivity contribution in [3.05, 3.63) is 20.3 Å². The van der Waals surface area contributed by atoms with Gasteiger partial charge in [-0.15, -0.1) is 11.3 Å². The Kier molecular flexibility index (Phi) is 2.51. The second-order valence-corrected chi connectivity index (χ2v) is 6.23. The summed E-state index contributed by atoms with van der Waals surface area (Å²) in [4.78, 5) is 2.80. The highest BCUT2D eigenvalue weighted by Crippen LogP contribution is 2.35. The number of hydrogen-bond acceptors (Lipinski definition) is 2. The molecule has 0 bridgehead atoms. The Hall–Kier alpha value is 0.140. The molecule has 0 aromatic carbocycles. The average Bonchev–Trinajstić information content (AvgIpc) is 2.72. The molecule has 13 heavy (non-hydrogen) atoms. The van der Waals surface area contributed by atoms with Gasteiger partial charge in [-0.2, -0.15) is 0 Å². The monoisotopic (exact) mass is 259 g/mol. The van der Waals surface area contributed by atoms with E-state index in [1.807, 2.05) is 11.3 Å². The van der Waals surface area contributed by atoms with Crippen LogP contribution >= 0.6 is 27.3 Å². The van der Waals surface area contributed by atoms with E-state index in [1.54, 1.807) is 0 Å². The molecule has 1 nitrogen and oxygen atoms in total. The van der Waals surface area contributed by atoms with E-state index in [2.05, 4.69) is 41.2 Å². The first-order chi connectivity index (χ1) is 6.09. The molecule has 1 saturated carbocycles. The van der Waals surface area contributed by atoms with Crippen LogP contribution in [0.3, 0.4) is 0 Å². The molecule has 1 aromatic heterocycles. The van der Waals surface area contributed by atoms with Crippen molar-refractivity contribution in [1.82, 2.24) is 5.32 Å². The molecule has 1 aromatic rings. The Morgan fingerprint density at radius 1 is 1.62 bits per heavy atom. The Bertz CT molecular complexity index is 295. The first kappa shape index (κ1) is 9.69. The summed E-state index contributed by atoms with van der Waals surface area (Å²) in [7, 11) is 0. The van der Waals surface area contributed by atoms with Crippen LogP contribution in [0.5, 0.6) is 0 Å². The fourth-order valence-electron chi connectivity index (χ4n) is 1.27. The van der Waals surface area contributed by atoms with Gasteiger partial charge in [0.25, 0.3) is 0 Å². The summed E-state index contributed by atoms with van der Waals surface area (Å²) in [5, 5.41) is 3.58. The molecule has 0 unspecified atom stereocenters. The van der Waals surface area contributed by atoms with Gasteiger partial charge in [-0.3, -0.25) is 0 Å². The molecule has 0 atom stereocenters. The molecule has 1 N–H and O–H groups in total. The summed E-state index contributed by atoms with van der Waals surface area (Å²) < 4.78 is 1.25. The van der Waals surface area contributed by atoms with Crippen molar-refractivity contribution in [1.29, 1.82) is 0 Å². The first-order valence-corrected chi connectivity index (χ1v) is 6.20. The van der Waals surface area contributed by atoms with Crippen LogP contribution < -0.4 is 5.32 Å². The number of hydrogen-bond donors (Lipinski definition) is 1. The summed E-state index contributed by atoms with van der Waals surface area (Å²) in [6, 6.07) is 2.22. The summed E-state index contributed by atoms with van der Waals surface area (Å²) in [5.41, 5.74) is 0.449. The van der Waals surface area contributed by atoms with Gasteiger partial charge in [-0.05, 0) is 48.7 Å². The maximum Gasteiger partial charge on any atom is 0.0314 e. The largest absolute Gasteiger partial charge is 0.307 e. The summed E-state index contributed by atoms with van der Waals surface area (Å²) in [5.74, 6) is 0. The second-order valence-electron chi connectivity index (χ2n) is 4.03. The predicted octanol–water partition coefficient (Wildman–Crippen LogP) is 3.46. The Morgan fingerprint density at radius 3 is 2.77 bits per heavy atom. The lowest BCUT2D eigenvalue weighted by atomic mass is 10.3. The van der Waals surface area contributed by atoms with Gasteiger partial charge >= 0.3 is 0 Å². The number of rotatable bonds is 3. The molecule has 2 rings (SSSR count). The zero-order chi connectivity index (χ0) is 9.47. The first-order valence-electron chi connectivity index (χ1n) is 4.59. The molecule has 72 valence electrons. The van der Waals surface area contributed by atoms with E-state index in [0.29, 0.717) is 5.54 Å². The minimum Gasteiger partial charge on any atom is -0.307 e. The number of thiophene rings is 1. The molecule has 3 heteroatoms. The van der Waals surface area contributed by atoms with Crippen LogP contribution in [-0.4, -0.2) is 5.54 Å². The lowest BCUT2D eigenvalue weighted by molar-refractivity contribution is 0.541. The lowest BCUT2D eigenvalue weighted by Crippen LogP contribution is -2.26. The highest BCUT2D eigenvalue weighted by Gasteiger charge is 2.36. The van der Waals surface area contributed by atoms with Crippen molar-refractivity contribution in [2.24, 2.45) is 0 Å². The van der Waals surface area contributed by atoms with Crippen LogP contribution in [-0.2, 0) is 6.54 Å². The average molecular weight is 260 g/mol. The van der Waals surface area contributed by atoms with Gasteiger partial charge in [-0.1, -0.05) is 0 Å². The van der Waals surface area contributed by atoms with Crippen molar-refractivity contribution in [3.63, 3.8) is 0 Å². The SMILES string of the molecule is Cc1sc(CNC2(C)CC2)cc1Br. The van der Waals surface area contributed by atoms with Gasteiger partial charge in [-0.25, -0.2) is 0 Å². The van der Waals surface area contributed by atoms with E-state index in [1.165, 1.54) is 27.1 Å². The molecule has 0 saturated heterocycles. The molecule has 1 aliphatic carbocycles. The normalized spacial score (nSPS) is 19.0. The molecular weight excluding hydrogens is 246 g/mol. The zero-order valence-corrected chi connectivity index (χ0v) is 10.4. The quantitative estimate of drug-likeness (QED) is 0.877. The van der Waals surface area contributed by atoms with Crippen molar-refractivity contribution in [3.8, 4) is 0 Å². The van der Waals surface area contributed by atoms with E-state index < -0.39 is 0 Å². The molecule has 0 aliphatic heterocycles. The summed E-state index contributed by atoms with van der Waals surface area (Å²) >= 11 is 5.41. The van der Waals surface area contributed by atoms with Crippen LogP contribution in [0, 0.1) is 6.92 Å². The topological polar surface area (TPSA) is 12.0 Å².